The van der Waals surface area contributed by atoms with Gasteiger partial charge in [-0.2, -0.15) is 0 Å². The molecule has 1 aliphatic carbocycles. The summed E-state index contributed by atoms with van der Waals surface area (Å²) < 4.78 is 0. The molecular weight excluding hydrogens is 108 g/mol. The molecule has 0 aromatic rings. The van der Waals surface area contributed by atoms with Crippen molar-refractivity contribution < 1.29 is 0 Å². The van der Waals surface area contributed by atoms with Crippen molar-refractivity contribution in [1.82, 2.24) is 0 Å². The first-order valence-corrected chi connectivity index (χ1v) is 3.99. The first-order chi connectivity index (χ1) is 4.34. The highest BCUT2D eigenvalue weighted by molar-refractivity contribution is 5.06. The van der Waals surface area contributed by atoms with Gasteiger partial charge in [0.15, 0.2) is 0 Å². The number of rotatable bonds is 0. The summed E-state index contributed by atoms with van der Waals surface area (Å²) in [5.41, 5.74) is 1.68. The molecule has 0 spiro atoms. The van der Waals surface area contributed by atoms with Crippen LogP contribution in [0.25, 0.3) is 0 Å². The lowest BCUT2D eigenvalue weighted by Gasteiger charge is -2.20. The summed E-state index contributed by atoms with van der Waals surface area (Å²) in [4.78, 5) is 0. The largest absolute Gasteiger partial charge is 0.0882 e. The minimum Gasteiger partial charge on any atom is -0.0882 e. The molecule has 0 aromatic carbocycles. The normalized spacial score (nSPS) is 33.1. The quantitative estimate of drug-likeness (QED) is 0.435. The average molecular weight is 124 g/mol. The predicted octanol–water partition coefficient (Wildman–Crippen LogP) is 3.14. The molecule has 1 unspecified atom stereocenters. The van der Waals surface area contributed by atoms with Gasteiger partial charge < -0.3 is 0 Å². The van der Waals surface area contributed by atoms with Crippen LogP contribution in [0.5, 0.6) is 0 Å². The smallest absolute Gasteiger partial charge is 0.0232 e. The second kappa shape index (κ2) is 3.05. The summed E-state index contributed by atoms with van der Waals surface area (Å²) in [7, 11) is 0. The van der Waals surface area contributed by atoms with E-state index in [1.165, 1.54) is 25.7 Å². The Morgan fingerprint density at radius 1 is 1.44 bits per heavy atom. The van der Waals surface area contributed by atoms with Crippen LogP contribution in [0.2, 0.25) is 0 Å². The lowest BCUT2D eigenvalue weighted by atomic mass is 9.86. The maximum atomic E-state index is 2.34. The number of allylic oxidation sites excluding steroid dienone is 2. The van der Waals surface area contributed by atoms with E-state index in [2.05, 4.69) is 19.9 Å². The van der Waals surface area contributed by atoms with E-state index >= 15 is 0 Å². The Morgan fingerprint density at radius 3 is 2.67 bits per heavy atom. The topological polar surface area (TPSA) is 0 Å². The Labute approximate surface area is 58.0 Å². The van der Waals surface area contributed by atoms with Gasteiger partial charge in [-0.15, -0.1) is 0 Å². The molecule has 1 rings (SSSR count). The molecule has 52 valence electrons. The maximum Gasteiger partial charge on any atom is -0.0232 e. The van der Waals surface area contributed by atoms with E-state index in [1.807, 2.05) is 0 Å². The van der Waals surface area contributed by atoms with Crippen LogP contribution in [0.3, 0.4) is 0 Å². The van der Waals surface area contributed by atoms with Crippen LogP contribution in [0, 0.1) is 5.92 Å². The second-order valence-electron chi connectivity index (χ2n) is 3.01. The molecule has 0 heteroatoms. The van der Waals surface area contributed by atoms with Crippen molar-refractivity contribution in [2.24, 2.45) is 5.92 Å². The van der Waals surface area contributed by atoms with Crippen molar-refractivity contribution in [3.05, 3.63) is 11.6 Å². The van der Waals surface area contributed by atoms with E-state index in [1.54, 1.807) is 5.57 Å². The van der Waals surface area contributed by atoms with E-state index in [9.17, 15) is 0 Å². The molecular formula is C9H16. The lowest BCUT2D eigenvalue weighted by molar-refractivity contribution is 0.483. The van der Waals surface area contributed by atoms with Crippen LogP contribution >= 0.6 is 0 Å². The second-order valence-corrected chi connectivity index (χ2v) is 3.01. The van der Waals surface area contributed by atoms with E-state index in [0.29, 0.717) is 0 Å². The molecule has 0 aliphatic heterocycles. The third kappa shape index (κ3) is 1.57. The van der Waals surface area contributed by atoms with Crippen molar-refractivity contribution >= 4 is 0 Å². The molecule has 0 radical (unpaired) electrons. The molecule has 0 heterocycles. The van der Waals surface area contributed by atoms with E-state index in [0.717, 1.165) is 5.92 Å². The Balaban J connectivity index is 2.49. The van der Waals surface area contributed by atoms with Crippen molar-refractivity contribution in [2.45, 2.75) is 39.5 Å². The van der Waals surface area contributed by atoms with Crippen LogP contribution in [0.1, 0.15) is 39.5 Å². The summed E-state index contributed by atoms with van der Waals surface area (Å²) in [6.45, 7) is 4.51. The Hall–Kier alpha value is -0.260. The fourth-order valence-corrected chi connectivity index (χ4v) is 1.64. The summed E-state index contributed by atoms with van der Waals surface area (Å²) >= 11 is 0. The van der Waals surface area contributed by atoms with Gasteiger partial charge in [0.25, 0.3) is 0 Å². The Bertz CT molecular complexity index is 111. The van der Waals surface area contributed by atoms with Crippen molar-refractivity contribution in [3.8, 4) is 0 Å². The molecule has 9 heavy (non-hydrogen) atoms. The first kappa shape index (κ1) is 6.85. The van der Waals surface area contributed by atoms with Gasteiger partial charge in [-0.25, -0.2) is 0 Å². The van der Waals surface area contributed by atoms with Gasteiger partial charge in [0.1, 0.15) is 0 Å². The first-order valence-electron chi connectivity index (χ1n) is 3.99. The van der Waals surface area contributed by atoms with Gasteiger partial charge in [-0.3, -0.25) is 0 Å². The van der Waals surface area contributed by atoms with Crippen LogP contribution in [0.4, 0.5) is 0 Å². The Morgan fingerprint density at radius 2 is 2.22 bits per heavy atom. The highest BCUT2D eigenvalue weighted by atomic mass is 14.2. The van der Waals surface area contributed by atoms with Gasteiger partial charge in [-0.05, 0) is 32.1 Å². The standard InChI is InChI=1S/C9H16/c1-3-9-7-5-4-6-8(9)2/h3,8H,4-7H2,1-2H3/b9-3-. The Kier molecular flexibility index (Phi) is 2.32. The third-order valence-electron chi connectivity index (χ3n) is 2.36. The van der Waals surface area contributed by atoms with E-state index in [4.69, 9.17) is 0 Å². The van der Waals surface area contributed by atoms with E-state index in [-0.39, 0.29) is 0 Å². The van der Waals surface area contributed by atoms with Gasteiger partial charge in [0, 0.05) is 0 Å². The summed E-state index contributed by atoms with van der Waals surface area (Å²) in [6, 6.07) is 0. The zero-order valence-electron chi connectivity index (χ0n) is 6.48. The van der Waals surface area contributed by atoms with Crippen LogP contribution < -0.4 is 0 Å². The molecule has 0 aromatic heterocycles. The molecule has 1 fully saturated rings. The average Bonchev–Trinajstić information content (AvgIpc) is 1.89. The van der Waals surface area contributed by atoms with E-state index < -0.39 is 0 Å². The van der Waals surface area contributed by atoms with Gasteiger partial charge in [0.05, 0.1) is 0 Å². The van der Waals surface area contributed by atoms with Gasteiger partial charge in [-0.1, -0.05) is 25.0 Å². The number of hydrogen-bond acceptors (Lipinski definition) is 0. The summed E-state index contributed by atoms with van der Waals surface area (Å²) in [5, 5.41) is 0. The minimum absolute atomic E-state index is 0.878. The van der Waals surface area contributed by atoms with Crippen molar-refractivity contribution in [1.29, 1.82) is 0 Å². The van der Waals surface area contributed by atoms with Crippen molar-refractivity contribution in [2.75, 3.05) is 0 Å². The zero-order chi connectivity index (χ0) is 6.69. The fraction of sp³-hybridized carbons (Fsp3) is 0.778. The SMILES string of the molecule is C/C=C1/CCCCC1C. The number of hydrogen-bond donors (Lipinski definition) is 0. The monoisotopic (exact) mass is 124 g/mol. The zero-order valence-corrected chi connectivity index (χ0v) is 6.48. The molecule has 1 aliphatic rings. The molecule has 0 amide bonds. The molecule has 0 N–H and O–H groups in total. The third-order valence-corrected chi connectivity index (χ3v) is 2.36. The molecule has 0 bridgehead atoms. The van der Waals surface area contributed by atoms with Crippen molar-refractivity contribution in [3.63, 3.8) is 0 Å². The molecule has 1 saturated carbocycles. The van der Waals surface area contributed by atoms with Crippen LogP contribution in [0.15, 0.2) is 11.6 Å². The molecule has 1 atom stereocenters. The highest BCUT2D eigenvalue weighted by Gasteiger charge is 2.11. The fourth-order valence-electron chi connectivity index (χ4n) is 1.64. The maximum absolute atomic E-state index is 2.34. The minimum atomic E-state index is 0.878. The predicted molar refractivity (Wildman–Crippen MR) is 41.4 cm³/mol. The summed E-state index contributed by atoms with van der Waals surface area (Å²) in [5.74, 6) is 0.878. The van der Waals surface area contributed by atoms with Gasteiger partial charge >= 0.3 is 0 Å². The molecule has 0 saturated heterocycles. The lowest BCUT2D eigenvalue weighted by Crippen LogP contribution is -2.05. The van der Waals surface area contributed by atoms with Crippen LogP contribution in [-0.2, 0) is 0 Å². The van der Waals surface area contributed by atoms with Crippen LogP contribution in [-0.4, -0.2) is 0 Å². The van der Waals surface area contributed by atoms with Gasteiger partial charge in [0.2, 0.25) is 0 Å². The highest BCUT2D eigenvalue weighted by Crippen LogP contribution is 2.28. The molecule has 0 nitrogen and oxygen atoms in total. The summed E-state index contributed by atoms with van der Waals surface area (Å²) in [6.07, 6.45) is 7.93.